The van der Waals surface area contributed by atoms with Crippen LogP contribution in [0.25, 0.3) is 0 Å². The van der Waals surface area contributed by atoms with Crippen molar-refractivity contribution in [1.29, 1.82) is 0 Å². The van der Waals surface area contributed by atoms with Crippen molar-refractivity contribution in [3.63, 3.8) is 0 Å². The van der Waals surface area contributed by atoms with Crippen LogP contribution in [-0.2, 0) is 0 Å². The highest BCUT2D eigenvalue weighted by atomic mass is 16.6. The minimum absolute atomic E-state index is 0.0260. The second-order valence-electron chi connectivity index (χ2n) is 5.94. The van der Waals surface area contributed by atoms with E-state index in [0.717, 1.165) is 25.8 Å². The summed E-state index contributed by atoms with van der Waals surface area (Å²) in [6, 6.07) is 5.88. The first-order valence-electron chi connectivity index (χ1n) is 8.17. The Labute approximate surface area is 131 Å². The maximum absolute atomic E-state index is 12.0. The Morgan fingerprint density at radius 1 is 1.05 bits per heavy atom. The van der Waals surface area contributed by atoms with Crippen molar-refractivity contribution in [1.82, 2.24) is 4.90 Å². The van der Waals surface area contributed by atoms with E-state index in [1.165, 1.54) is 44.5 Å². The molecule has 0 atom stereocenters. The molecule has 0 spiro atoms. The molecule has 5 heteroatoms. The maximum atomic E-state index is 12.0. The highest BCUT2D eigenvalue weighted by Gasteiger charge is 2.11. The van der Waals surface area contributed by atoms with Crippen LogP contribution >= 0.6 is 0 Å². The van der Waals surface area contributed by atoms with E-state index in [1.807, 2.05) is 0 Å². The minimum Gasteiger partial charge on any atom is -0.303 e. The molecule has 1 saturated heterocycles. The molecule has 1 heterocycles. The van der Waals surface area contributed by atoms with Gasteiger partial charge in [-0.3, -0.25) is 14.9 Å². The fraction of sp³-hybridized carbons (Fsp3) is 0.588. The van der Waals surface area contributed by atoms with Crippen LogP contribution in [0.3, 0.4) is 0 Å². The highest BCUT2D eigenvalue weighted by Crippen LogP contribution is 2.15. The number of hydrogen-bond acceptors (Lipinski definition) is 4. The predicted octanol–water partition coefficient (Wildman–Crippen LogP) is 3.82. The lowest BCUT2D eigenvalue weighted by molar-refractivity contribution is -0.384. The summed E-state index contributed by atoms with van der Waals surface area (Å²) < 4.78 is 0. The number of nitro groups is 1. The number of benzene rings is 1. The van der Waals surface area contributed by atoms with Gasteiger partial charge in [-0.1, -0.05) is 12.8 Å². The molecular formula is C17H24N2O3. The van der Waals surface area contributed by atoms with Gasteiger partial charge in [-0.25, -0.2) is 0 Å². The summed E-state index contributed by atoms with van der Waals surface area (Å²) in [5, 5.41) is 10.6. The molecule has 0 aromatic heterocycles. The molecule has 0 unspecified atom stereocenters. The number of carbonyl (C=O) groups is 1. The van der Waals surface area contributed by atoms with Gasteiger partial charge in [-0.05, 0) is 57.5 Å². The molecule has 5 nitrogen and oxygen atoms in total. The molecule has 0 N–H and O–H groups in total. The van der Waals surface area contributed by atoms with Crippen LogP contribution in [-0.4, -0.2) is 35.2 Å². The number of ketones is 1. The number of rotatable bonds is 8. The number of nitro benzene ring substituents is 1. The Hall–Kier alpha value is -1.75. The Morgan fingerprint density at radius 3 is 2.36 bits per heavy atom. The Bertz CT molecular complexity index is 493. The number of likely N-dealkylation sites (tertiary alicyclic amines) is 1. The number of unbranched alkanes of at least 4 members (excludes halogenated alkanes) is 2. The van der Waals surface area contributed by atoms with E-state index in [9.17, 15) is 14.9 Å². The topological polar surface area (TPSA) is 63.5 Å². The minimum atomic E-state index is -0.450. The number of non-ortho nitro benzene ring substituents is 1. The van der Waals surface area contributed by atoms with Crippen LogP contribution in [0.2, 0.25) is 0 Å². The first kappa shape index (κ1) is 16.6. The number of nitrogens with zero attached hydrogens (tertiary/aromatic N) is 2. The molecule has 22 heavy (non-hydrogen) atoms. The standard InChI is InChI=1S/C17H24N2O3/c20-17(15-8-10-16(11-9-15)19(21)22)7-3-1-4-12-18-13-5-2-6-14-18/h8-11H,1-7,12-14H2. The molecule has 0 aliphatic carbocycles. The molecule has 1 aromatic rings. The SMILES string of the molecule is O=C(CCCCCN1CCCCC1)c1ccc([N+](=O)[O-])cc1. The normalized spacial score (nSPS) is 15.6. The molecule has 0 amide bonds. The molecule has 120 valence electrons. The van der Waals surface area contributed by atoms with Gasteiger partial charge in [-0.2, -0.15) is 0 Å². The number of Topliss-reactive ketones (excluding diaryl/α,β-unsaturated/α-hetero) is 1. The Kier molecular flexibility index (Phi) is 6.52. The second-order valence-corrected chi connectivity index (χ2v) is 5.94. The van der Waals surface area contributed by atoms with Crippen LogP contribution in [0.1, 0.15) is 55.3 Å². The van der Waals surface area contributed by atoms with Crippen LogP contribution in [0.15, 0.2) is 24.3 Å². The largest absolute Gasteiger partial charge is 0.303 e. The van der Waals surface area contributed by atoms with Gasteiger partial charge in [0.25, 0.3) is 5.69 Å². The summed E-state index contributed by atoms with van der Waals surface area (Å²) in [6.45, 7) is 3.59. The molecule has 1 aliphatic heterocycles. The van der Waals surface area contributed by atoms with E-state index in [1.54, 1.807) is 12.1 Å². The van der Waals surface area contributed by atoms with Gasteiger partial charge in [0.15, 0.2) is 5.78 Å². The summed E-state index contributed by atoms with van der Waals surface area (Å²) in [5.41, 5.74) is 0.597. The van der Waals surface area contributed by atoms with Crippen molar-refractivity contribution in [2.45, 2.75) is 44.9 Å². The highest BCUT2D eigenvalue weighted by molar-refractivity contribution is 5.96. The molecule has 0 radical (unpaired) electrons. The van der Waals surface area contributed by atoms with Crippen molar-refractivity contribution in [3.05, 3.63) is 39.9 Å². The number of piperidine rings is 1. The quantitative estimate of drug-likeness (QED) is 0.317. The van der Waals surface area contributed by atoms with Crippen LogP contribution < -0.4 is 0 Å². The van der Waals surface area contributed by atoms with E-state index in [-0.39, 0.29) is 11.5 Å². The van der Waals surface area contributed by atoms with E-state index in [2.05, 4.69) is 4.90 Å². The zero-order chi connectivity index (χ0) is 15.8. The van der Waals surface area contributed by atoms with E-state index >= 15 is 0 Å². The van der Waals surface area contributed by atoms with Crippen LogP contribution in [0.5, 0.6) is 0 Å². The van der Waals surface area contributed by atoms with Crippen molar-refractivity contribution in [2.24, 2.45) is 0 Å². The lowest BCUT2D eigenvalue weighted by Gasteiger charge is -2.26. The first-order valence-corrected chi connectivity index (χ1v) is 8.17. The molecule has 2 rings (SSSR count). The van der Waals surface area contributed by atoms with Gasteiger partial charge >= 0.3 is 0 Å². The molecular weight excluding hydrogens is 280 g/mol. The van der Waals surface area contributed by atoms with Gasteiger partial charge in [0.2, 0.25) is 0 Å². The fourth-order valence-electron chi connectivity index (χ4n) is 2.89. The predicted molar refractivity (Wildman–Crippen MR) is 86.2 cm³/mol. The lowest BCUT2D eigenvalue weighted by atomic mass is 10.0. The first-order chi connectivity index (χ1) is 10.7. The zero-order valence-electron chi connectivity index (χ0n) is 13.0. The Morgan fingerprint density at radius 2 is 1.73 bits per heavy atom. The summed E-state index contributed by atoms with van der Waals surface area (Å²) in [7, 11) is 0. The third-order valence-corrected chi connectivity index (χ3v) is 4.23. The number of carbonyl (C=O) groups excluding carboxylic acids is 1. The second kappa shape index (κ2) is 8.63. The number of hydrogen-bond donors (Lipinski definition) is 0. The molecule has 0 bridgehead atoms. The molecule has 1 aromatic carbocycles. The summed E-state index contributed by atoms with van der Waals surface area (Å²) >= 11 is 0. The third kappa shape index (κ3) is 5.22. The van der Waals surface area contributed by atoms with E-state index < -0.39 is 4.92 Å². The average molecular weight is 304 g/mol. The smallest absolute Gasteiger partial charge is 0.269 e. The van der Waals surface area contributed by atoms with Crippen molar-refractivity contribution >= 4 is 11.5 Å². The molecule has 0 saturated carbocycles. The zero-order valence-corrected chi connectivity index (χ0v) is 13.0. The van der Waals surface area contributed by atoms with Gasteiger partial charge in [0.05, 0.1) is 4.92 Å². The fourth-order valence-corrected chi connectivity index (χ4v) is 2.89. The monoisotopic (exact) mass is 304 g/mol. The van der Waals surface area contributed by atoms with Crippen molar-refractivity contribution in [3.8, 4) is 0 Å². The van der Waals surface area contributed by atoms with Crippen molar-refractivity contribution in [2.75, 3.05) is 19.6 Å². The average Bonchev–Trinajstić information content (AvgIpc) is 2.55. The Balaban J connectivity index is 1.63. The van der Waals surface area contributed by atoms with Gasteiger partial charge < -0.3 is 4.90 Å². The molecule has 1 aliphatic rings. The van der Waals surface area contributed by atoms with Gasteiger partial charge in [-0.15, -0.1) is 0 Å². The summed E-state index contributed by atoms with van der Waals surface area (Å²) in [6.07, 6.45) is 7.63. The van der Waals surface area contributed by atoms with Gasteiger partial charge in [0, 0.05) is 24.1 Å². The van der Waals surface area contributed by atoms with Gasteiger partial charge in [0.1, 0.15) is 0 Å². The molecule has 1 fully saturated rings. The lowest BCUT2D eigenvalue weighted by Crippen LogP contribution is -2.30. The van der Waals surface area contributed by atoms with Crippen LogP contribution in [0.4, 0.5) is 5.69 Å². The maximum Gasteiger partial charge on any atom is 0.269 e. The summed E-state index contributed by atoms with van der Waals surface area (Å²) in [4.78, 5) is 24.6. The third-order valence-electron chi connectivity index (χ3n) is 4.23. The van der Waals surface area contributed by atoms with Crippen molar-refractivity contribution < 1.29 is 9.72 Å². The van der Waals surface area contributed by atoms with E-state index in [4.69, 9.17) is 0 Å². The van der Waals surface area contributed by atoms with Crippen LogP contribution in [0, 0.1) is 10.1 Å². The summed E-state index contributed by atoms with van der Waals surface area (Å²) in [5.74, 6) is 0.0767. The van der Waals surface area contributed by atoms with E-state index in [0.29, 0.717) is 12.0 Å².